The van der Waals surface area contributed by atoms with Crippen molar-refractivity contribution in [1.29, 1.82) is 0 Å². The van der Waals surface area contributed by atoms with E-state index in [4.69, 9.17) is 4.42 Å². The second-order valence-corrected chi connectivity index (χ2v) is 6.45. The number of amides is 1. The van der Waals surface area contributed by atoms with Crippen molar-refractivity contribution in [2.75, 3.05) is 6.54 Å². The zero-order valence-electron chi connectivity index (χ0n) is 14.2. The van der Waals surface area contributed by atoms with Crippen LogP contribution in [0.2, 0.25) is 0 Å². The largest absolute Gasteiger partial charge is 0.443 e. The molecule has 1 amide bonds. The Morgan fingerprint density at radius 3 is 2.92 bits per heavy atom. The Balaban J connectivity index is 1.45. The minimum absolute atomic E-state index is 0.0313. The molecule has 1 aromatic carbocycles. The quantitative estimate of drug-likeness (QED) is 0.707. The molecule has 3 aromatic rings. The summed E-state index contributed by atoms with van der Waals surface area (Å²) in [5.41, 5.74) is 0.952. The van der Waals surface area contributed by atoms with Crippen molar-refractivity contribution in [2.45, 2.75) is 31.8 Å². The van der Waals surface area contributed by atoms with E-state index in [1.807, 2.05) is 4.90 Å². The monoisotopic (exact) mass is 354 g/mol. The fourth-order valence-corrected chi connectivity index (χ4v) is 3.31. The predicted molar refractivity (Wildman–Crippen MR) is 91.6 cm³/mol. The smallest absolute Gasteiger partial charge is 0.243 e. The summed E-state index contributed by atoms with van der Waals surface area (Å²) in [6.45, 7) is 0.966. The maximum atomic E-state index is 13.0. The molecule has 1 saturated heterocycles. The maximum absolute atomic E-state index is 13.0. The number of likely N-dealkylation sites (tertiary alicyclic amines) is 1. The first-order valence-electron chi connectivity index (χ1n) is 8.63. The summed E-state index contributed by atoms with van der Waals surface area (Å²) in [5, 5.41) is 0. The number of oxazole rings is 1. The number of imidazole rings is 1. The van der Waals surface area contributed by atoms with Gasteiger partial charge in [0.25, 0.3) is 0 Å². The van der Waals surface area contributed by atoms with Crippen LogP contribution in [0.3, 0.4) is 0 Å². The van der Waals surface area contributed by atoms with Gasteiger partial charge in [-0.25, -0.2) is 14.4 Å². The molecule has 7 heteroatoms. The number of benzene rings is 1. The van der Waals surface area contributed by atoms with Crippen LogP contribution in [0.25, 0.3) is 0 Å². The Labute approximate surface area is 150 Å². The van der Waals surface area contributed by atoms with E-state index in [-0.39, 0.29) is 24.3 Å². The molecule has 3 heterocycles. The van der Waals surface area contributed by atoms with Gasteiger partial charge in [-0.05, 0) is 30.5 Å². The molecule has 0 bridgehead atoms. The van der Waals surface area contributed by atoms with E-state index in [9.17, 15) is 9.18 Å². The topological polar surface area (TPSA) is 64.2 Å². The third-order valence-electron chi connectivity index (χ3n) is 4.60. The molecule has 6 nitrogen and oxygen atoms in total. The summed E-state index contributed by atoms with van der Waals surface area (Å²) < 4.78 is 20.7. The summed E-state index contributed by atoms with van der Waals surface area (Å²) in [5.74, 6) is 1.05. The van der Waals surface area contributed by atoms with Crippen LogP contribution in [-0.4, -0.2) is 31.9 Å². The van der Waals surface area contributed by atoms with Crippen molar-refractivity contribution < 1.29 is 13.6 Å². The number of halogens is 1. The van der Waals surface area contributed by atoms with Gasteiger partial charge < -0.3 is 13.9 Å². The van der Waals surface area contributed by atoms with Crippen LogP contribution in [0, 0.1) is 5.82 Å². The zero-order valence-corrected chi connectivity index (χ0v) is 14.2. The van der Waals surface area contributed by atoms with Crippen molar-refractivity contribution in [1.82, 2.24) is 19.4 Å². The first-order chi connectivity index (χ1) is 12.7. The lowest BCUT2D eigenvalue weighted by atomic mass is 10.1. The van der Waals surface area contributed by atoms with Gasteiger partial charge in [0.05, 0.1) is 12.5 Å². The van der Waals surface area contributed by atoms with E-state index in [1.165, 1.54) is 12.1 Å². The average molecular weight is 354 g/mol. The predicted octanol–water partition coefficient (Wildman–Crippen LogP) is 2.96. The first kappa shape index (κ1) is 16.5. The Hall–Kier alpha value is -2.96. The molecule has 0 aliphatic carbocycles. The number of hydrogen-bond acceptors (Lipinski definition) is 4. The number of aromatic nitrogens is 3. The molecule has 1 aliphatic rings. The number of rotatable bonds is 5. The zero-order chi connectivity index (χ0) is 17.9. The van der Waals surface area contributed by atoms with Gasteiger partial charge in [-0.15, -0.1) is 0 Å². The molecule has 4 rings (SSSR count). The highest BCUT2D eigenvalue weighted by Gasteiger charge is 2.33. The van der Waals surface area contributed by atoms with Crippen LogP contribution in [-0.2, 0) is 17.8 Å². The van der Waals surface area contributed by atoms with Gasteiger partial charge in [-0.2, -0.15) is 0 Å². The Morgan fingerprint density at radius 2 is 2.15 bits per heavy atom. The molecule has 0 unspecified atom stereocenters. The molecule has 0 saturated carbocycles. The van der Waals surface area contributed by atoms with E-state index in [2.05, 4.69) is 9.97 Å². The van der Waals surface area contributed by atoms with Crippen molar-refractivity contribution in [2.24, 2.45) is 0 Å². The lowest BCUT2D eigenvalue weighted by molar-refractivity contribution is -0.133. The van der Waals surface area contributed by atoms with Gasteiger partial charge >= 0.3 is 0 Å². The highest BCUT2D eigenvalue weighted by molar-refractivity contribution is 5.76. The molecule has 0 radical (unpaired) electrons. The van der Waals surface area contributed by atoms with Gasteiger partial charge in [0.2, 0.25) is 11.8 Å². The molecule has 2 aromatic heterocycles. The summed E-state index contributed by atoms with van der Waals surface area (Å²) in [7, 11) is 0. The van der Waals surface area contributed by atoms with Crippen molar-refractivity contribution in [3.63, 3.8) is 0 Å². The number of carbonyl (C=O) groups excluding carboxylic acids is 1. The van der Waals surface area contributed by atoms with Crippen LogP contribution in [0.5, 0.6) is 0 Å². The summed E-state index contributed by atoms with van der Waals surface area (Å²) >= 11 is 0. The van der Waals surface area contributed by atoms with Crippen LogP contribution < -0.4 is 0 Å². The normalized spacial score (nSPS) is 17.0. The van der Waals surface area contributed by atoms with Gasteiger partial charge in [0, 0.05) is 25.4 Å². The molecule has 0 spiro atoms. The minimum Gasteiger partial charge on any atom is -0.443 e. The molecule has 26 heavy (non-hydrogen) atoms. The van der Waals surface area contributed by atoms with Crippen molar-refractivity contribution in [3.05, 3.63) is 72.2 Å². The van der Waals surface area contributed by atoms with Gasteiger partial charge in [-0.1, -0.05) is 12.1 Å². The minimum atomic E-state index is -0.259. The van der Waals surface area contributed by atoms with Crippen LogP contribution >= 0.6 is 0 Å². The number of carbonyl (C=O) groups is 1. The standard InChI is InChI=1S/C19H19FN4O2/c20-15-5-3-14(4-6-15)10-16-11-22-19(26-16)17-2-1-8-24(17)18(25)12-23-9-7-21-13-23/h3-7,9,11,13,17H,1-2,8,10,12H2/t17-/m1/s1. The van der Waals surface area contributed by atoms with E-state index in [0.717, 1.165) is 18.4 Å². The van der Waals surface area contributed by atoms with Gasteiger partial charge in [0.15, 0.2) is 0 Å². The first-order valence-corrected chi connectivity index (χ1v) is 8.63. The highest BCUT2D eigenvalue weighted by atomic mass is 19.1. The molecule has 0 N–H and O–H groups in total. The second kappa shape index (κ2) is 7.11. The third kappa shape index (κ3) is 3.51. The lowest BCUT2D eigenvalue weighted by Gasteiger charge is -2.22. The van der Waals surface area contributed by atoms with Crippen LogP contribution in [0.1, 0.15) is 36.1 Å². The Kier molecular flexibility index (Phi) is 4.51. The van der Waals surface area contributed by atoms with Crippen molar-refractivity contribution in [3.8, 4) is 0 Å². The molecule has 134 valence electrons. The second-order valence-electron chi connectivity index (χ2n) is 6.45. The van der Waals surface area contributed by atoms with Gasteiger partial charge in [-0.3, -0.25) is 4.79 Å². The van der Waals surface area contributed by atoms with Crippen LogP contribution in [0.4, 0.5) is 4.39 Å². The van der Waals surface area contributed by atoms with E-state index < -0.39 is 0 Å². The third-order valence-corrected chi connectivity index (χ3v) is 4.60. The lowest BCUT2D eigenvalue weighted by Crippen LogP contribution is -2.33. The SMILES string of the molecule is O=C(Cn1ccnc1)N1CCC[C@@H]1c1ncc(Cc2ccc(F)cc2)o1. The van der Waals surface area contributed by atoms with Gasteiger partial charge in [0.1, 0.15) is 24.2 Å². The molecular weight excluding hydrogens is 335 g/mol. The Bertz CT molecular complexity index is 873. The summed E-state index contributed by atoms with van der Waals surface area (Å²) in [6, 6.07) is 6.19. The van der Waals surface area contributed by atoms with E-state index in [0.29, 0.717) is 24.6 Å². The Morgan fingerprint density at radius 1 is 1.31 bits per heavy atom. The summed E-state index contributed by atoms with van der Waals surface area (Å²) in [4.78, 5) is 22.8. The number of hydrogen-bond donors (Lipinski definition) is 0. The molecule has 1 aliphatic heterocycles. The maximum Gasteiger partial charge on any atom is 0.243 e. The van der Waals surface area contributed by atoms with E-state index in [1.54, 1.807) is 41.6 Å². The fourth-order valence-electron chi connectivity index (χ4n) is 3.31. The van der Waals surface area contributed by atoms with Crippen molar-refractivity contribution >= 4 is 5.91 Å². The van der Waals surface area contributed by atoms with E-state index >= 15 is 0 Å². The summed E-state index contributed by atoms with van der Waals surface area (Å²) in [6.07, 6.45) is 9.06. The average Bonchev–Trinajstić information content (AvgIpc) is 3.37. The highest BCUT2D eigenvalue weighted by Crippen LogP contribution is 2.32. The van der Waals surface area contributed by atoms with Crippen LogP contribution in [0.15, 0.2) is 53.6 Å². The fraction of sp³-hybridized carbons (Fsp3) is 0.316. The molecule has 1 fully saturated rings. The number of nitrogens with zero attached hydrogens (tertiary/aromatic N) is 4. The molecular formula is C19H19FN4O2. The molecule has 1 atom stereocenters.